The van der Waals surface area contributed by atoms with Gasteiger partial charge in [-0.15, -0.1) is 0 Å². The maximum absolute atomic E-state index is 5.41. The number of benzene rings is 1. The molecule has 1 aromatic carbocycles. The topological polar surface area (TPSA) is 51.0 Å². The Morgan fingerprint density at radius 1 is 1.30 bits per heavy atom. The van der Waals surface area contributed by atoms with Crippen molar-refractivity contribution in [1.29, 1.82) is 0 Å². The normalized spacial score (nSPS) is 22.9. The molecule has 1 aromatic heterocycles. The fraction of sp³-hybridized carbons (Fsp3) is 0.556. The summed E-state index contributed by atoms with van der Waals surface area (Å²) in [7, 11) is 0. The molecule has 0 aliphatic heterocycles. The van der Waals surface area contributed by atoms with Crippen LogP contribution in [0.25, 0.3) is 0 Å². The van der Waals surface area contributed by atoms with Crippen LogP contribution in [0.1, 0.15) is 68.8 Å². The number of aryl methyl sites for hydroxylation is 1. The molecule has 1 aliphatic carbocycles. The van der Waals surface area contributed by atoms with Crippen LogP contribution in [-0.2, 0) is 6.42 Å². The molecule has 0 spiro atoms. The summed E-state index contributed by atoms with van der Waals surface area (Å²) in [5, 5.41) is 7.78. The summed E-state index contributed by atoms with van der Waals surface area (Å²) in [6.07, 6.45) is 5.40. The van der Waals surface area contributed by atoms with E-state index in [0.29, 0.717) is 18.0 Å². The Balaban J connectivity index is 1.52. The van der Waals surface area contributed by atoms with Gasteiger partial charge in [0.15, 0.2) is 5.82 Å². The lowest BCUT2D eigenvalue weighted by Gasteiger charge is -2.30. The number of nitrogens with zero attached hydrogens (tertiary/aromatic N) is 2. The van der Waals surface area contributed by atoms with Gasteiger partial charge in [-0.1, -0.05) is 40.1 Å². The summed E-state index contributed by atoms with van der Waals surface area (Å²) in [5.74, 6) is 2.09. The smallest absolute Gasteiger partial charge is 0.229 e. The van der Waals surface area contributed by atoms with Crippen molar-refractivity contribution < 1.29 is 4.52 Å². The van der Waals surface area contributed by atoms with Gasteiger partial charge >= 0.3 is 0 Å². The van der Waals surface area contributed by atoms with Gasteiger partial charge in [-0.25, -0.2) is 0 Å². The second kappa shape index (κ2) is 7.58. The van der Waals surface area contributed by atoms with Gasteiger partial charge in [-0.2, -0.15) is 4.98 Å². The summed E-state index contributed by atoms with van der Waals surface area (Å²) >= 11 is 3.55. The van der Waals surface area contributed by atoms with E-state index in [1.54, 1.807) is 0 Å². The van der Waals surface area contributed by atoms with Gasteiger partial charge in [0.1, 0.15) is 0 Å². The zero-order valence-electron chi connectivity index (χ0n) is 13.8. The standard InChI is InChI=1S/C18H24BrN3O/c1-3-17-21-18(23-22-17)13-7-9-16(10-8-13)20-12(2)14-5-4-6-15(19)11-14/h4-6,11-13,16,20H,3,7-10H2,1-2H3/t12-,13?,16?/m1/s1. The molecule has 1 atom stereocenters. The quantitative estimate of drug-likeness (QED) is 0.814. The maximum atomic E-state index is 5.41. The molecule has 23 heavy (non-hydrogen) atoms. The van der Waals surface area contributed by atoms with E-state index in [1.807, 2.05) is 0 Å². The number of hydrogen-bond acceptors (Lipinski definition) is 4. The van der Waals surface area contributed by atoms with Crippen LogP contribution in [0, 0.1) is 0 Å². The fourth-order valence-electron chi connectivity index (χ4n) is 3.31. The minimum atomic E-state index is 0.365. The first-order valence-corrected chi connectivity index (χ1v) is 9.29. The average molecular weight is 378 g/mol. The van der Waals surface area contributed by atoms with Crippen molar-refractivity contribution in [2.24, 2.45) is 0 Å². The predicted octanol–water partition coefficient (Wildman–Crippen LogP) is 4.77. The molecule has 2 aromatic rings. The monoisotopic (exact) mass is 377 g/mol. The van der Waals surface area contributed by atoms with Crippen LogP contribution >= 0.6 is 15.9 Å². The highest BCUT2D eigenvalue weighted by Crippen LogP contribution is 2.33. The number of aromatic nitrogens is 2. The van der Waals surface area contributed by atoms with E-state index in [0.717, 1.165) is 48.3 Å². The molecule has 1 aliphatic rings. The second-order valence-corrected chi connectivity index (χ2v) is 7.31. The van der Waals surface area contributed by atoms with Crippen LogP contribution in [0.3, 0.4) is 0 Å². The Labute approximate surface area is 146 Å². The van der Waals surface area contributed by atoms with E-state index >= 15 is 0 Å². The minimum absolute atomic E-state index is 0.365. The highest BCUT2D eigenvalue weighted by atomic mass is 79.9. The molecule has 124 valence electrons. The lowest BCUT2D eigenvalue weighted by Crippen LogP contribution is -2.34. The molecule has 0 unspecified atom stereocenters. The van der Waals surface area contributed by atoms with Crippen molar-refractivity contribution in [1.82, 2.24) is 15.5 Å². The van der Waals surface area contributed by atoms with Crippen molar-refractivity contribution in [3.8, 4) is 0 Å². The van der Waals surface area contributed by atoms with E-state index in [9.17, 15) is 0 Å². The van der Waals surface area contributed by atoms with Gasteiger partial charge < -0.3 is 9.84 Å². The fourth-order valence-corrected chi connectivity index (χ4v) is 3.73. The van der Waals surface area contributed by atoms with Crippen LogP contribution in [0.5, 0.6) is 0 Å². The lowest BCUT2D eigenvalue weighted by molar-refractivity contribution is 0.273. The largest absolute Gasteiger partial charge is 0.339 e. The highest BCUT2D eigenvalue weighted by molar-refractivity contribution is 9.10. The summed E-state index contributed by atoms with van der Waals surface area (Å²) in [4.78, 5) is 4.49. The third-order valence-electron chi connectivity index (χ3n) is 4.71. The van der Waals surface area contributed by atoms with Crippen molar-refractivity contribution in [3.63, 3.8) is 0 Å². The first kappa shape index (κ1) is 16.7. The zero-order chi connectivity index (χ0) is 16.2. The van der Waals surface area contributed by atoms with Crippen LogP contribution in [0.4, 0.5) is 0 Å². The molecule has 5 heteroatoms. The van der Waals surface area contributed by atoms with Crippen molar-refractivity contribution in [2.45, 2.75) is 64.0 Å². The molecule has 4 nitrogen and oxygen atoms in total. The molecular weight excluding hydrogens is 354 g/mol. The van der Waals surface area contributed by atoms with Gasteiger partial charge in [0.05, 0.1) is 0 Å². The van der Waals surface area contributed by atoms with Crippen molar-refractivity contribution >= 4 is 15.9 Å². The second-order valence-electron chi connectivity index (χ2n) is 6.39. The molecule has 0 bridgehead atoms. The Morgan fingerprint density at radius 2 is 2.09 bits per heavy atom. The lowest BCUT2D eigenvalue weighted by atomic mass is 9.85. The molecular formula is C18H24BrN3O. The number of nitrogens with one attached hydrogen (secondary N) is 1. The number of rotatable bonds is 5. The Hall–Kier alpha value is -1.20. The molecule has 3 rings (SSSR count). The van der Waals surface area contributed by atoms with Crippen LogP contribution < -0.4 is 5.32 Å². The Bertz CT molecular complexity index is 635. The van der Waals surface area contributed by atoms with E-state index < -0.39 is 0 Å². The minimum Gasteiger partial charge on any atom is -0.339 e. The van der Waals surface area contributed by atoms with Gasteiger partial charge in [-0.05, 0) is 50.3 Å². The molecule has 0 saturated heterocycles. The first-order valence-electron chi connectivity index (χ1n) is 8.49. The van der Waals surface area contributed by atoms with E-state index in [1.165, 1.54) is 5.56 Å². The summed E-state index contributed by atoms with van der Waals surface area (Å²) in [6.45, 7) is 4.29. The molecule has 1 N–H and O–H groups in total. The van der Waals surface area contributed by atoms with Gasteiger partial charge in [0, 0.05) is 28.9 Å². The van der Waals surface area contributed by atoms with Crippen molar-refractivity contribution in [2.75, 3.05) is 0 Å². The Kier molecular flexibility index (Phi) is 5.49. The summed E-state index contributed by atoms with van der Waals surface area (Å²) in [6, 6.07) is 9.45. The van der Waals surface area contributed by atoms with Crippen LogP contribution in [0.2, 0.25) is 0 Å². The first-order chi connectivity index (χ1) is 11.2. The number of halogens is 1. The van der Waals surface area contributed by atoms with E-state index in [4.69, 9.17) is 4.52 Å². The summed E-state index contributed by atoms with van der Waals surface area (Å²) < 4.78 is 6.54. The third kappa shape index (κ3) is 4.21. The SMILES string of the molecule is CCc1noc(C2CCC(N[C@H](C)c3cccc(Br)c3)CC2)n1. The van der Waals surface area contributed by atoms with Crippen LogP contribution in [-0.4, -0.2) is 16.2 Å². The highest BCUT2D eigenvalue weighted by Gasteiger charge is 2.27. The van der Waals surface area contributed by atoms with Gasteiger partial charge in [0.2, 0.25) is 5.89 Å². The molecule has 0 radical (unpaired) electrons. The summed E-state index contributed by atoms with van der Waals surface area (Å²) in [5.41, 5.74) is 1.32. The van der Waals surface area contributed by atoms with E-state index in [-0.39, 0.29) is 0 Å². The molecule has 0 amide bonds. The molecule has 1 fully saturated rings. The maximum Gasteiger partial charge on any atom is 0.229 e. The number of hydrogen-bond donors (Lipinski definition) is 1. The molecule has 1 saturated carbocycles. The zero-order valence-corrected chi connectivity index (χ0v) is 15.3. The average Bonchev–Trinajstić information content (AvgIpc) is 3.04. The van der Waals surface area contributed by atoms with Gasteiger partial charge in [-0.3, -0.25) is 0 Å². The van der Waals surface area contributed by atoms with Crippen LogP contribution in [0.15, 0.2) is 33.3 Å². The third-order valence-corrected chi connectivity index (χ3v) is 5.20. The van der Waals surface area contributed by atoms with Gasteiger partial charge in [0.25, 0.3) is 0 Å². The van der Waals surface area contributed by atoms with Crippen molar-refractivity contribution in [3.05, 3.63) is 46.0 Å². The molecule has 1 heterocycles. The Morgan fingerprint density at radius 3 is 2.74 bits per heavy atom. The predicted molar refractivity (Wildman–Crippen MR) is 94.4 cm³/mol. The van der Waals surface area contributed by atoms with E-state index in [2.05, 4.69) is 69.5 Å².